The third kappa shape index (κ3) is 7.51. The van der Waals surface area contributed by atoms with Crippen molar-refractivity contribution in [1.82, 2.24) is 4.90 Å². The second-order valence-corrected chi connectivity index (χ2v) is 10.1. The quantitative estimate of drug-likeness (QED) is 0.335. The maximum absolute atomic E-state index is 13.2. The molecule has 0 saturated carbocycles. The number of anilines is 2. The lowest BCUT2D eigenvalue weighted by Crippen LogP contribution is -2.39. The Bertz CT molecular complexity index is 1260. The van der Waals surface area contributed by atoms with E-state index in [0.717, 1.165) is 30.7 Å². The Morgan fingerprint density at radius 1 is 0.897 bits per heavy atom. The molecule has 1 heterocycles. The number of likely N-dealkylation sites (tertiary alicyclic amines) is 1. The molecular weight excluding hydrogens is 494 g/mol. The lowest BCUT2D eigenvalue weighted by molar-refractivity contribution is -0.120. The summed E-state index contributed by atoms with van der Waals surface area (Å²) in [7, 11) is 3.22. The standard InChI is InChI=1S/C31H37N3O5/c1-21(2)20-39-29-18-22(7-16-28(29)38-4)19-34-17-5-6-27(34)31(36)33-25-12-10-24(11-13-25)32-30(35)23-8-14-26(37-3)15-9-23/h7-16,18,21,27H,5-6,17,19-20H2,1-4H3,(H,32,35)(H,33,36). The van der Waals surface area contributed by atoms with E-state index in [1.165, 1.54) is 0 Å². The molecule has 8 heteroatoms. The predicted molar refractivity (Wildman–Crippen MR) is 153 cm³/mol. The summed E-state index contributed by atoms with van der Waals surface area (Å²) in [5.41, 5.74) is 2.94. The van der Waals surface area contributed by atoms with Crippen molar-refractivity contribution in [1.29, 1.82) is 0 Å². The van der Waals surface area contributed by atoms with Crippen LogP contribution in [0.25, 0.3) is 0 Å². The first-order valence-electron chi connectivity index (χ1n) is 13.3. The van der Waals surface area contributed by atoms with Crippen LogP contribution >= 0.6 is 0 Å². The van der Waals surface area contributed by atoms with Crippen molar-refractivity contribution in [2.24, 2.45) is 5.92 Å². The first-order valence-corrected chi connectivity index (χ1v) is 13.3. The Morgan fingerprint density at radius 3 is 2.23 bits per heavy atom. The van der Waals surface area contributed by atoms with E-state index in [9.17, 15) is 9.59 Å². The van der Waals surface area contributed by atoms with Gasteiger partial charge in [-0.2, -0.15) is 0 Å². The summed E-state index contributed by atoms with van der Waals surface area (Å²) < 4.78 is 16.6. The number of rotatable bonds is 11. The number of amides is 2. The van der Waals surface area contributed by atoms with Gasteiger partial charge in [0.15, 0.2) is 11.5 Å². The van der Waals surface area contributed by atoms with E-state index in [4.69, 9.17) is 14.2 Å². The molecule has 2 N–H and O–H groups in total. The minimum absolute atomic E-state index is 0.0349. The van der Waals surface area contributed by atoms with Crippen molar-refractivity contribution >= 4 is 23.2 Å². The molecule has 1 aliphatic heterocycles. The van der Waals surface area contributed by atoms with Crippen LogP contribution in [0.5, 0.6) is 17.2 Å². The van der Waals surface area contributed by atoms with Crippen LogP contribution in [0, 0.1) is 5.92 Å². The Morgan fingerprint density at radius 2 is 1.59 bits per heavy atom. The van der Waals surface area contributed by atoms with Gasteiger partial charge >= 0.3 is 0 Å². The van der Waals surface area contributed by atoms with Gasteiger partial charge in [0.1, 0.15) is 5.75 Å². The van der Waals surface area contributed by atoms with E-state index in [1.54, 1.807) is 62.8 Å². The minimum atomic E-state index is -0.221. The zero-order valence-corrected chi connectivity index (χ0v) is 23.0. The van der Waals surface area contributed by atoms with E-state index in [-0.39, 0.29) is 17.9 Å². The van der Waals surface area contributed by atoms with Crippen LogP contribution in [0.2, 0.25) is 0 Å². The Balaban J connectivity index is 1.34. The average molecular weight is 532 g/mol. The number of hydrogen-bond donors (Lipinski definition) is 2. The van der Waals surface area contributed by atoms with Crippen LogP contribution in [0.15, 0.2) is 66.7 Å². The molecule has 2 amide bonds. The Hall–Kier alpha value is -4.04. The number of nitrogens with one attached hydrogen (secondary N) is 2. The number of carbonyl (C=O) groups is 2. The summed E-state index contributed by atoms with van der Waals surface area (Å²) in [4.78, 5) is 27.9. The molecule has 0 aliphatic carbocycles. The third-order valence-corrected chi connectivity index (χ3v) is 6.61. The van der Waals surface area contributed by atoms with Crippen LogP contribution in [-0.4, -0.2) is 50.1 Å². The van der Waals surface area contributed by atoms with Gasteiger partial charge in [0, 0.05) is 23.5 Å². The van der Waals surface area contributed by atoms with Gasteiger partial charge in [0.25, 0.3) is 5.91 Å². The molecule has 3 aromatic carbocycles. The Labute approximate surface area is 230 Å². The summed E-state index contributed by atoms with van der Waals surface area (Å²) in [6, 6.07) is 19.8. The van der Waals surface area contributed by atoms with Gasteiger partial charge in [0.05, 0.1) is 26.9 Å². The molecule has 1 atom stereocenters. The number of carbonyl (C=O) groups excluding carboxylic acids is 2. The molecule has 1 saturated heterocycles. The topological polar surface area (TPSA) is 89.1 Å². The maximum Gasteiger partial charge on any atom is 0.255 e. The van der Waals surface area contributed by atoms with Crippen LogP contribution in [0.4, 0.5) is 11.4 Å². The SMILES string of the molecule is COc1ccc(C(=O)Nc2ccc(NC(=O)C3CCCN3Cc3ccc(OC)c(OCC(C)C)c3)cc2)cc1. The first-order chi connectivity index (χ1) is 18.9. The number of methoxy groups -OCH3 is 2. The highest BCUT2D eigenvalue weighted by Gasteiger charge is 2.31. The second kappa shape index (κ2) is 13.2. The monoisotopic (exact) mass is 531 g/mol. The molecule has 0 spiro atoms. The predicted octanol–water partition coefficient (Wildman–Crippen LogP) is 5.59. The molecule has 206 valence electrons. The summed E-state index contributed by atoms with van der Waals surface area (Å²) >= 11 is 0. The normalized spacial score (nSPS) is 15.2. The van der Waals surface area contributed by atoms with E-state index in [0.29, 0.717) is 47.5 Å². The lowest BCUT2D eigenvalue weighted by Gasteiger charge is -2.24. The molecule has 1 aliphatic rings. The Kier molecular flexibility index (Phi) is 9.44. The lowest BCUT2D eigenvalue weighted by atomic mass is 10.1. The number of ether oxygens (including phenoxy) is 3. The molecule has 8 nitrogen and oxygen atoms in total. The smallest absolute Gasteiger partial charge is 0.255 e. The fourth-order valence-corrected chi connectivity index (χ4v) is 4.54. The molecule has 39 heavy (non-hydrogen) atoms. The van der Waals surface area contributed by atoms with E-state index >= 15 is 0 Å². The summed E-state index contributed by atoms with van der Waals surface area (Å²) in [5.74, 6) is 2.28. The third-order valence-electron chi connectivity index (χ3n) is 6.61. The summed E-state index contributed by atoms with van der Waals surface area (Å²) in [6.45, 7) is 6.32. The van der Waals surface area contributed by atoms with E-state index < -0.39 is 0 Å². The zero-order valence-electron chi connectivity index (χ0n) is 23.0. The van der Waals surface area contributed by atoms with Gasteiger partial charge in [-0.3, -0.25) is 14.5 Å². The van der Waals surface area contributed by atoms with Crippen LogP contribution in [-0.2, 0) is 11.3 Å². The maximum atomic E-state index is 13.2. The highest BCUT2D eigenvalue weighted by Crippen LogP contribution is 2.30. The van der Waals surface area contributed by atoms with Crippen molar-refractivity contribution in [2.75, 3.05) is 38.0 Å². The van der Waals surface area contributed by atoms with Crippen molar-refractivity contribution in [3.05, 3.63) is 77.9 Å². The highest BCUT2D eigenvalue weighted by molar-refractivity contribution is 6.04. The van der Waals surface area contributed by atoms with Gasteiger partial charge in [-0.25, -0.2) is 0 Å². The molecule has 0 radical (unpaired) electrons. The molecule has 0 bridgehead atoms. The molecule has 1 unspecified atom stereocenters. The van der Waals surface area contributed by atoms with Crippen molar-refractivity contribution in [3.8, 4) is 17.2 Å². The first kappa shape index (κ1) is 28.0. The number of benzene rings is 3. The van der Waals surface area contributed by atoms with Crippen molar-refractivity contribution in [2.45, 2.75) is 39.3 Å². The average Bonchev–Trinajstić information content (AvgIpc) is 3.41. The van der Waals surface area contributed by atoms with Gasteiger partial charge in [0.2, 0.25) is 5.91 Å². The van der Waals surface area contributed by atoms with E-state index in [2.05, 4.69) is 29.4 Å². The van der Waals surface area contributed by atoms with Crippen LogP contribution in [0.3, 0.4) is 0 Å². The molecule has 1 fully saturated rings. The second-order valence-electron chi connectivity index (χ2n) is 10.1. The fourth-order valence-electron chi connectivity index (χ4n) is 4.54. The zero-order chi connectivity index (χ0) is 27.8. The van der Waals surface area contributed by atoms with Crippen molar-refractivity contribution in [3.63, 3.8) is 0 Å². The fraction of sp³-hybridized carbons (Fsp3) is 0.355. The van der Waals surface area contributed by atoms with Crippen LogP contribution < -0.4 is 24.8 Å². The highest BCUT2D eigenvalue weighted by atomic mass is 16.5. The van der Waals surface area contributed by atoms with Crippen molar-refractivity contribution < 1.29 is 23.8 Å². The van der Waals surface area contributed by atoms with Gasteiger partial charge in [-0.1, -0.05) is 19.9 Å². The largest absolute Gasteiger partial charge is 0.497 e. The summed E-state index contributed by atoms with van der Waals surface area (Å²) in [5, 5.41) is 5.91. The van der Waals surface area contributed by atoms with E-state index in [1.807, 2.05) is 18.2 Å². The molecule has 0 aromatic heterocycles. The van der Waals surface area contributed by atoms with Gasteiger partial charge in [-0.05, 0) is 91.5 Å². The minimum Gasteiger partial charge on any atom is -0.497 e. The molecular formula is C31H37N3O5. The number of nitrogens with zero attached hydrogens (tertiary/aromatic N) is 1. The number of hydrogen-bond acceptors (Lipinski definition) is 6. The van der Waals surface area contributed by atoms with Gasteiger partial charge < -0.3 is 24.8 Å². The molecule has 3 aromatic rings. The van der Waals surface area contributed by atoms with Gasteiger partial charge in [-0.15, -0.1) is 0 Å². The molecule has 4 rings (SSSR count). The van der Waals surface area contributed by atoms with Crippen LogP contribution in [0.1, 0.15) is 42.6 Å². The summed E-state index contributed by atoms with van der Waals surface area (Å²) in [6.07, 6.45) is 1.76.